The van der Waals surface area contributed by atoms with E-state index >= 15 is 0 Å². The summed E-state index contributed by atoms with van der Waals surface area (Å²) in [7, 11) is 0. The molecule has 1 aromatic heterocycles. The molecule has 88 valence electrons. The molecule has 0 aliphatic carbocycles. The Morgan fingerprint density at radius 3 is 2.88 bits per heavy atom. The van der Waals surface area contributed by atoms with Crippen LogP contribution in [0, 0.1) is 0 Å². The van der Waals surface area contributed by atoms with Crippen molar-refractivity contribution >= 4 is 17.3 Å². The third-order valence-corrected chi connectivity index (χ3v) is 3.79. The number of aromatic nitrogens is 1. The van der Waals surface area contributed by atoms with Crippen molar-refractivity contribution in [1.82, 2.24) is 9.88 Å². The average Bonchev–Trinajstić information content (AvgIpc) is 2.88. The summed E-state index contributed by atoms with van der Waals surface area (Å²) in [5.41, 5.74) is 1.80. The van der Waals surface area contributed by atoms with Gasteiger partial charge in [-0.1, -0.05) is 0 Å². The van der Waals surface area contributed by atoms with E-state index in [9.17, 15) is 4.79 Å². The van der Waals surface area contributed by atoms with Gasteiger partial charge in [-0.15, -0.1) is 11.3 Å². The summed E-state index contributed by atoms with van der Waals surface area (Å²) in [6.07, 6.45) is 5.28. The Hall–Kier alpha value is -0.940. The zero-order valence-electron chi connectivity index (χ0n) is 9.13. The van der Waals surface area contributed by atoms with Crippen LogP contribution in [0.15, 0.2) is 11.7 Å². The van der Waals surface area contributed by atoms with Gasteiger partial charge in [-0.05, 0) is 32.4 Å². The molecule has 16 heavy (non-hydrogen) atoms. The Kier molecular flexibility index (Phi) is 3.90. The molecule has 1 aliphatic rings. The molecule has 0 spiro atoms. The first kappa shape index (κ1) is 11.5. The molecule has 1 aliphatic heterocycles. The van der Waals surface area contributed by atoms with Crippen molar-refractivity contribution in [2.45, 2.75) is 31.7 Å². The van der Waals surface area contributed by atoms with Gasteiger partial charge in [-0.2, -0.15) is 0 Å². The maximum absolute atomic E-state index is 10.9. The standard InChI is InChI=1S/C11H16N2O2S/c14-11(15)6-9(13-3-1-2-4-13)5-10-7-12-8-16-10/h7-9H,1-6H2,(H,14,15). The van der Waals surface area contributed by atoms with E-state index in [1.807, 2.05) is 6.20 Å². The van der Waals surface area contributed by atoms with E-state index in [4.69, 9.17) is 5.11 Å². The highest BCUT2D eigenvalue weighted by atomic mass is 32.1. The predicted molar refractivity (Wildman–Crippen MR) is 62.7 cm³/mol. The highest BCUT2D eigenvalue weighted by molar-refractivity contribution is 7.09. The molecule has 1 fully saturated rings. The van der Waals surface area contributed by atoms with E-state index in [1.54, 1.807) is 16.8 Å². The number of hydrogen-bond acceptors (Lipinski definition) is 4. The first-order chi connectivity index (χ1) is 7.75. The molecule has 0 amide bonds. The van der Waals surface area contributed by atoms with Crippen LogP contribution in [0.3, 0.4) is 0 Å². The van der Waals surface area contributed by atoms with Crippen LogP contribution >= 0.6 is 11.3 Å². The minimum atomic E-state index is -0.707. The lowest BCUT2D eigenvalue weighted by Gasteiger charge is -2.25. The molecule has 0 aromatic carbocycles. The summed E-state index contributed by atoms with van der Waals surface area (Å²) in [6.45, 7) is 2.08. The van der Waals surface area contributed by atoms with E-state index in [1.165, 1.54) is 17.7 Å². The molecule has 0 radical (unpaired) electrons. The highest BCUT2D eigenvalue weighted by Gasteiger charge is 2.24. The van der Waals surface area contributed by atoms with Crippen LogP contribution in [0.2, 0.25) is 0 Å². The van der Waals surface area contributed by atoms with Gasteiger partial charge in [0.1, 0.15) is 0 Å². The number of carboxylic acids is 1. The zero-order valence-corrected chi connectivity index (χ0v) is 9.95. The number of rotatable bonds is 5. The lowest BCUT2D eigenvalue weighted by molar-refractivity contribution is -0.138. The van der Waals surface area contributed by atoms with Gasteiger partial charge < -0.3 is 5.11 Å². The largest absolute Gasteiger partial charge is 0.481 e. The smallest absolute Gasteiger partial charge is 0.304 e. The predicted octanol–water partition coefficient (Wildman–Crippen LogP) is 1.62. The number of nitrogens with zero attached hydrogens (tertiary/aromatic N) is 2. The van der Waals surface area contributed by atoms with Gasteiger partial charge in [0, 0.05) is 17.1 Å². The van der Waals surface area contributed by atoms with Crippen LogP contribution in [-0.2, 0) is 11.2 Å². The molecule has 1 N–H and O–H groups in total. The van der Waals surface area contributed by atoms with E-state index in [-0.39, 0.29) is 12.5 Å². The van der Waals surface area contributed by atoms with Crippen molar-refractivity contribution in [3.63, 3.8) is 0 Å². The van der Waals surface area contributed by atoms with E-state index < -0.39 is 5.97 Å². The number of likely N-dealkylation sites (tertiary alicyclic amines) is 1. The van der Waals surface area contributed by atoms with Gasteiger partial charge in [-0.3, -0.25) is 14.7 Å². The van der Waals surface area contributed by atoms with E-state index in [0.29, 0.717) is 0 Å². The summed E-state index contributed by atoms with van der Waals surface area (Å²) in [6, 6.07) is 0.139. The molecule has 1 saturated heterocycles. The Morgan fingerprint density at radius 2 is 2.31 bits per heavy atom. The second kappa shape index (κ2) is 5.41. The number of aliphatic carboxylic acids is 1. The fourth-order valence-corrected chi connectivity index (χ4v) is 2.88. The minimum Gasteiger partial charge on any atom is -0.481 e. The fraction of sp³-hybridized carbons (Fsp3) is 0.636. The van der Waals surface area contributed by atoms with Crippen LogP contribution in [-0.4, -0.2) is 40.1 Å². The summed E-state index contributed by atoms with van der Waals surface area (Å²) < 4.78 is 0. The third-order valence-electron chi connectivity index (χ3n) is 2.99. The van der Waals surface area contributed by atoms with Gasteiger partial charge in [0.15, 0.2) is 0 Å². The maximum atomic E-state index is 10.9. The fourth-order valence-electron chi connectivity index (χ4n) is 2.21. The molecule has 1 atom stereocenters. The first-order valence-corrected chi connectivity index (χ1v) is 6.47. The monoisotopic (exact) mass is 240 g/mol. The second-order valence-corrected chi connectivity index (χ2v) is 5.14. The van der Waals surface area contributed by atoms with Crippen LogP contribution < -0.4 is 0 Å². The molecule has 0 saturated carbocycles. The van der Waals surface area contributed by atoms with Gasteiger partial charge in [0.25, 0.3) is 0 Å². The summed E-state index contributed by atoms with van der Waals surface area (Å²) in [5, 5.41) is 8.93. The molecule has 5 heteroatoms. The molecule has 4 nitrogen and oxygen atoms in total. The van der Waals surface area contributed by atoms with Crippen LogP contribution in [0.25, 0.3) is 0 Å². The number of hydrogen-bond donors (Lipinski definition) is 1. The summed E-state index contributed by atoms with van der Waals surface area (Å²) >= 11 is 1.61. The Bertz CT molecular complexity index is 334. The van der Waals surface area contributed by atoms with Crippen molar-refractivity contribution in [3.05, 3.63) is 16.6 Å². The summed E-state index contributed by atoms with van der Waals surface area (Å²) in [4.78, 5) is 18.4. The topological polar surface area (TPSA) is 53.4 Å². The minimum absolute atomic E-state index is 0.139. The van der Waals surface area contributed by atoms with Crippen molar-refractivity contribution in [2.24, 2.45) is 0 Å². The molecule has 2 heterocycles. The molecule has 0 bridgehead atoms. The second-order valence-electron chi connectivity index (χ2n) is 4.17. The molecular formula is C11H16N2O2S. The van der Waals surface area contributed by atoms with Crippen molar-refractivity contribution < 1.29 is 9.90 Å². The van der Waals surface area contributed by atoms with E-state index in [0.717, 1.165) is 19.5 Å². The Morgan fingerprint density at radius 1 is 1.56 bits per heavy atom. The third kappa shape index (κ3) is 3.02. The molecule has 1 unspecified atom stereocenters. The lowest BCUT2D eigenvalue weighted by atomic mass is 10.1. The zero-order chi connectivity index (χ0) is 11.4. The average molecular weight is 240 g/mol. The lowest BCUT2D eigenvalue weighted by Crippen LogP contribution is -2.36. The van der Waals surface area contributed by atoms with Gasteiger partial charge in [-0.25, -0.2) is 0 Å². The van der Waals surface area contributed by atoms with E-state index in [2.05, 4.69) is 9.88 Å². The Labute approximate surface area is 98.9 Å². The number of carbonyl (C=O) groups is 1. The van der Waals surface area contributed by atoms with Gasteiger partial charge in [0.2, 0.25) is 0 Å². The molecule has 2 rings (SSSR count). The SMILES string of the molecule is O=C(O)CC(Cc1cncs1)N1CCCC1. The highest BCUT2D eigenvalue weighted by Crippen LogP contribution is 2.19. The first-order valence-electron chi connectivity index (χ1n) is 5.59. The quantitative estimate of drug-likeness (QED) is 0.850. The van der Waals surface area contributed by atoms with Gasteiger partial charge in [0.05, 0.1) is 11.9 Å². The van der Waals surface area contributed by atoms with Crippen molar-refractivity contribution in [1.29, 1.82) is 0 Å². The van der Waals surface area contributed by atoms with Crippen molar-refractivity contribution in [2.75, 3.05) is 13.1 Å². The number of thiazole rings is 1. The van der Waals surface area contributed by atoms with Crippen LogP contribution in [0.5, 0.6) is 0 Å². The van der Waals surface area contributed by atoms with Crippen LogP contribution in [0.1, 0.15) is 24.1 Å². The van der Waals surface area contributed by atoms with Crippen molar-refractivity contribution in [3.8, 4) is 0 Å². The molecular weight excluding hydrogens is 224 g/mol. The van der Waals surface area contributed by atoms with Crippen LogP contribution in [0.4, 0.5) is 0 Å². The molecule has 1 aromatic rings. The number of carboxylic acid groups (broad SMARTS) is 1. The Balaban J connectivity index is 1.98. The maximum Gasteiger partial charge on any atom is 0.304 e. The summed E-state index contributed by atoms with van der Waals surface area (Å²) in [5.74, 6) is -0.707. The van der Waals surface area contributed by atoms with Gasteiger partial charge >= 0.3 is 5.97 Å². The normalized spacial score (nSPS) is 18.8.